The molecule has 0 radical (unpaired) electrons. The number of pyridine rings is 2. The maximum atomic E-state index is 14.5. The normalized spacial score (nSPS) is 15.0. The predicted octanol–water partition coefficient (Wildman–Crippen LogP) is 3.62. The second kappa shape index (κ2) is 10.3. The summed E-state index contributed by atoms with van der Waals surface area (Å²) < 4.78 is 26.7. The predicted molar refractivity (Wildman–Crippen MR) is 132 cm³/mol. The summed E-state index contributed by atoms with van der Waals surface area (Å²) in [5.41, 5.74) is 2.14. The molecule has 0 saturated carbocycles. The number of methoxy groups -OCH3 is 1. The smallest absolute Gasteiger partial charge is 0.270 e. The van der Waals surface area contributed by atoms with Crippen LogP contribution < -0.4 is 15.4 Å². The van der Waals surface area contributed by atoms with Crippen LogP contribution in [-0.4, -0.2) is 51.8 Å². The highest BCUT2D eigenvalue weighted by molar-refractivity contribution is 5.95. The number of fused-ring (bicyclic) bond motifs is 1. The molecular formula is C26H27FN6O3. The number of aromatic nitrogens is 4. The van der Waals surface area contributed by atoms with Crippen molar-refractivity contribution < 1.29 is 18.7 Å². The summed E-state index contributed by atoms with van der Waals surface area (Å²) >= 11 is 0. The van der Waals surface area contributed by atoms with Crippen LogP contribution in [0.2, 0.25) is 0 Å². The van der Waals surface area contributed by atoms with Gasteiger partial charge in [0.05, 0.1) is 36.9 Å². The third-order valence-corrected chi connectivity index (χ3v) is 6.31. The lowest BCUT2D eigenvalue weighted by atomic mass is 10.0. The molecule has 1 saturated heterocycles. The average molecular weight is 491 g/mol. The Kier molecular flexibility index (Phi) is 6.77. The highest BCUT2D eigenvalue weighted by Crippen LogP contribution is 2.27. The Labute approximate surface area is 207 Å². The topological polar surface area (TPSA) is 103 Å². The molecule has 1 atom stereocenters. The quantitative estimate of drug-likeness (QED) is 0.408. The van der Waals surface area contributed by atoms with Gasteiger partial charge in [0.25, 0.3) is 5.91 Å². The number of nitrogens with zero attached hydrogens (tertiary/aromatic N) is 4. The van der Waals surface area contributed by atoms with Crippen molar-refractivity contribution in [2.24, 2.45) is 7.05 Å². The van der Waals surface area contributed by atoms with Gasteiger partial charge >= 0.3 is 0 Å². The molecule has 0 bridgehead atoms. The number of imidazole rings is 1. The molecule has 2 N–H and O–H groups in total. The van der Waals surface area contributed by atoms with Gasteiger partial charge in [-0.2, -0.15) is 0 Å². The molecule has 3 aromatic heterocycles. The van der Waals surface area contributed by atoms with E-state index in [0.717, 1.165) is 31.4 Å². The van der Waals surface area contributed by atoms with Crippen LogP contribution in [0.25, 0.3) is 10.9 Å². The minimum Gasteiger partial charge on any atom is -0.494 e. The molecule has 4 aromatic rings. The highest BCUT2D eigenvalue weighted by atomic mass is 19.1. The molecule has 186 valence electrons. The first-order valence-corrected chi connectivity index (χ1v) is 11.7. The molecule has 36 heavy (non-hydrogen) atoms. The van der Waals surface area contributed by atoms with E-state index in [1.54, 1.807) is 35.4 Å². The molecule has 0 unspecified atom stereocenters. The monoisotopic (exact) mass is 490 g/mol. The molecular weight excluding hydrogens is 463 g/mol. The Bertz CT molecular complexity index is 1390. The molecule has 4 heterocycles. The number of hydrogen-bond donors (Lipinski definition) is 2. The fraction of sp³-hybridized carbons (Fsp3) is 0.308. The Hall–Kier alpha value is -4.05. The lowest BCUT2D eigenvalue weighted by molar-refractivity contribution is 0.0903. The lowest BCUT2D eigenvalue weighted by Crippen LogP contribution is -2.31. The van der Waals surface area contributed by atoms with Crippen LogP contribution in [0.5, 0.6) is 5.75 Å². The Morgan fingerprint density at radius 3 is 2.75 bits per heavy atom. The third kappa shape index (κ3) is 4.99. The minimum atomic E-state index is -0.647. The number of anilines is 1. The van der Waals surface area contributed by atoms with Crippen LogP contribution in [0.3, 0.4) is 0 Å². The number of nitrogens with one attached hydrogen (secondary N) is 2. The first-order valence-electron chi connectivity index (χ1n) is 11.7. The Morgan fingerprint density at radius 2 is 2.03 bits per heavy atom. The second-order valence-corrected chi connectivity index (χ2v) is 8.72. The average Bonchev–Trinajstić information content (AvgIpc) is 3.32. The number of amides is 1. The van der Waals surface area contributed by atoms with Crippen molar-refractivity contribution in [2.45, 2.75) is 24.9 Å². The van der Waals surface area contributed by atoms with Gasteiger partial charge in [0.1, 0.15) is 11.5 Å². The summed E-state index contributed by atoms with van der Waals surface area (Å²) in [6, 6.07) is 9.56. The minimum absolute atomic E-state index is 0.129. The van der Waals surface area contributed by atoms with E-state index in [1.807, 2.05) is 19.2 Å². The zero-order valence-electron chi connectivity index (χ0n) is 20.1. The number of benzene rings is 1. The Balaban J connectivity index is 1.42. The maximum Gasteiger partial charge on any atom is 0.270 e. The molecule has 1 fully saturated rings. The van der Waals surface area contributed by atoms with Gasteiger partial charge in [-0.1, -0.05) is 6.07 Å². The van der Waals surface area contributed by atoms with Crippen molar-refractivity contribution in [1.29, 1.82) is 0 Å². The summed E-state index contributed by atoms with van der Waals surface area (Å²) in [6.07, 6.45) is 6.83. The van der Waals surface area contributed by atoms with Crippen LogP contribution in [0, 0.1) is 5.82 Å². The zero-order chi connectivity index (χ0) is 25.1. The van der Waals surface area contributed by atoms with Gasteiger partial charge < -0.3 is 24.7 Å². The van der Waals surface area contributed by atoms with Crippen molar-refractivity contribution in [2.75, 3.05) is 25.6 Å². The van der Waals surface area contributed by atoms with E-state index in [0.29, 0.717) is 28.6 Å². The second-order valence-electron chi connectivity index (χ2n) is 8.72. The van der Waals surface area contributed by atoms with Gasteiger partial charge in [0, 0.05) is 44.0 Å². The summed E-state index contributed by atoms with van der Waals surface area (Å²) in [5.74, 6) is -0.0721. The van der Waals surface area contributed by atoms with E-state index < -0.39 is 17.8 Å². The van der Waals surface area contributed by atoms with Crippen molar-refractivity contribution in [1.82, 2.24) is 24.8 Å². The molecule has 1 aliphatic heterocycles. The van der Waals surface area contributed by atoms with Crippen molar-refractivity contribution in [3.8, 4) is 5.75 Å². The van der Waals surface area contributed by atoms with Crippen LogP contribution >= 0.6 is 0 Å². The van der Waals surface area contributed by atoms with Crippen molar-refractivity contribution >= 4 is 22.6 Å². The summed E-state index contributed by atoms with van der Waals surface area (Å²) in [6.45, 7) is 1.45. The maximum absolute atomic E-state index is 14.5. The molecule has 10 heteroatoms. The first kappa shape index (κ1) is 23.7. The van der Waals surface area contributed by atoms with Crippen molar-refractivity contribution in [3.05, 3.63) is 77.9 Å². The lowest BCUT2D eigenvalue weighted by Gasteiger charge is -2.23. The molecule has 5 rings (SSSR count). The highest BCUT2D eigenvalue weighted by Gasteiger charge is 2.23. The van der Waals surface area contributed by atoms with Gasteiger partial charge in [-0.05, 0) is 42.7 Å². The van der Waals surface area contributed by atoms with Crippen LogP contribution in [-0.2, 0) is 11.8 Å². The van der Waals surface area contributed by atoms with Crippen molar-refractivity contribution in [3.63, 3.8) is 0 Å². The first-order chi connectivity index (χ1) is 17.5. The van der Waals surface area contributed by atoms with Gasteiger partial charge in [-0.3, -0.25) is 4.79 Å². The van der Waals surface area contributed by atoms with Gasteiger partial charge in [0.15, 0.2) is 11.6 Å². The number of ether oxygens (including phenoxy) is 2. The van der Waals surface area contributed by atoms with E-state index in [4.69, 9.17) is 9.47 Å². The van der Waals surface area contributed by atoms with E-state index in [-0.39, 0.29) is 11.4 Å². The Morgan fingerprint density at radius 1 is 1.19 bits per heavy atom. The van der Waals surface area contributed by atoms with E-state index >= 15 is 0 Å². The summed E-state index contributed by atoms with van der Waals surface area (Å²) in [5, 5.41) is 7.24. The number of carbonyl (C=O) groups is 1. The molecule has 0 aliphatic carbocycles. The molecule has 1 aromatic carbocycles. The molecule has 0 spiro atoms. The number of rotatable bonds is 7. The molecule has 1 amide bonds. The number of aryl methyl sites for hydroxylation is 1. The number of hydrogen-bond acceptors (Lipinski definition) is 7. The number of carbonyl (C=O) groups excluding carboxylic acids is 1. The van der Waals surface area contributed by atoms with Gasteiger partial charge in [-0.25, -0.2) is 19.3 Å². The van der Waals surface area contributed by atoms with Crippen LogP contribution in [0.1, 0.15) is 40.6 Å². The van der Waals surface area contributed by atoms with Crippen LogP contribution in [0.15, 0.2) is 55.1 Å². The fourth-order valence-corrected chi connectivity index (χ4v) is 4.31. The molecule has 1 aliphatic rings. The van der Waals surface area contributed by atoms with E-state index in [2.05, 4.69) is 25.6 Å². The molecule has 9 nitrogen and oxygen atoms in total. The summed E-state index contributed by atoms with van der Waals surface area (Å²) in [4.78, 5) is 26.6. The third-order valence-electron chi connectivity index (χ3n) is 6.31. The van der Waals surface area contributed by atoms with Gasteiger partial charge in [-0.15, -0.1) is 0 Å². The van der Waals surface area contributed by atoms with E-state index in [1.165, 1.54) is 19.2 Å². The zero-order valence-corrected chi connectivity index (χ0v) is 20.1. The van der Waals surface area contributed by atoms with Crippen LogP contribution in [0.4, 0.5) is 10.2 Å². The number of halogens is 1. The summed E-state index contributed by atoms with van der Waals surface area (Å²) in [7, 11) is 3.22. The standard InChI is InChI=1S/C26H27FN6O3/c1-33-15-28-14-22(33)25(16-4-6-23(35-2)19(27)11-16)32-26(34)20-5-3-17-13-29-24(12-21(17)31-20)30-18-7-9-36-10-8-18/h3-6,11-15,18,25H,7-10H2,1-2H3,(H,29,30)(H,32,34)/t25-/m1/s1. The van der Waals surface area contributed by atoms with Gasteiger partial charge in [0.2, 0.25) is 0 Å². The van der Waals surface area contributed by atoms with E-state index in [9.17, 15) is 9.18 Å². The fourth-order valence-electron chi connectivity index (χ4n) is 4.31. The largest absolute Gasteiger partial charge is 0.494 e. The SMILES string of the molecule is COc1ccc([C@@H](NC(=O)c2ccc3cnc(NC4CCOCC4)cc3n2)c2cncn2C)cc1F.